The summed E-state index contributed by atoms with van der Waals surface area (Å²) in [6.07, 6.45) is 5.32. The Bertz CT molecular complexity index is 334. The Hall–Kier alpha value is -0.760. The molecule has 1 aromatic carbocycles. The fraction of sp³-hybridized carbons (Fsp3) is 0.500. The molecule has 1 aliphatic carbocycles. The molecule has 1 aliphatic rings. The van der Waals surface area contributed by atoms with Gasteiger partial charge < -0.3 is 0 Å². The van der Waals surface area contributed by atoms with Crippen LogP contribution in [0.2, 0.25) is 0 Å². The van der Waals surface area contributed by atoms with Crippen LogP contribution in [0.3, 0.4) is 0 Å². The van der Waals surface area contributed by atoms with E-state index in [0.717, 1.165) is 31.4 Å². The van der Waals surface area contributed by atoms with Crippen molar-refractivity contribution in [3.8, 4) is 0 Å². The number of aryl methyl sites for hydroxylation is 1. The minimum atomic E-state index is 0.289. The fourth-order valence-corrected chi connectivity index (χ4v) is 3.37. The first-order valence-electron chi connectivity index (χ1n) is 6.04. The number of rotatable bonds is 4. The Balaban J connectivity index is 1.73. The van der Waals surface area contributed by atoms with Gasteiger partial charge in [-0.25, -0.2) is 0 Å². The average molecular weight is 234 g/mol. The summed E-state index contributed by atoms with van der Waals surface area (Å²) in [6.45, 7) is 0. The Kier molecular flexibility index (Phi) is 4.46. The van der Waals surface area contributed by atoms with Gasteiger partial charge in [-0.05, 0) is 30.6 Å². The molecule has 0 N–H and O–H groups in total. The Morgan fingerprint density at radius 1 is 1.19 bits per heavy atom. The zero-order valence-electron chi connectivity index (χ0n) is 9.52. The molecular weight excluding hydrogens is 216 g/mol. The molecule has 0 heterocycles. The van der Waals surface area contributed by atoms with Gasteiger partial charge in [-0.15, -0.1) is 0 Å². The molecular formula is C14H18OS. The second kappa shape index (κ2) is 6.09. The first-order chi connectivity index (χ1) is 7.86. The largest absolute Gasteiger partial charge is 0.298 e. The third-order valence-corrected chi connectivity index (χ3v) is 4.39. The second-order valence-electron chi connectivity index (χ2n) is 4.31. The third-order valence-electron chi connectivity index (χ3n) is 3.05. The van der Waals surface area contributed by atoms with Crippen LogP contribution in [0.5, 0.6) is 0 Å². The number of hydrogen-bond donors (Lipinski definition) is 0. The molecule has 2 rings (SSSR count). The molecule has 0 bridgehead atoms. The standard InChI is InChI=1S/C14H18OS/c15-13-8-4-5-9-14(13)16-11-10-12-6-2-1-3-7-12/h1-3,6-7,14H,4-5,8-11H2. The highest BCUT2D eigenvalue weighted by Crippen LogP contribution is 2.26. The molecule has 0 aromatic heterocycles. The third kappa shape index (κ3) is 3.38. The molecule has 0 saturated heterocycles. The lowest BCUT2D eigenvalue weighted by atomic mass is 9.99. The highest BCUT2D eigenvalue weighted by atomic mass is 32.2. The van der Waals surface area contributed by atoms with Gasteiger partial charge in [-0.3, -0.25) is 4.79 Å². The number of hydrogen-bond acceptors (Lipinski definition) is 2. The van der Waals surface area contributed by atoms with Crippen LogP contribution in [0.15, 0.2) is 30.3 Å². The summed E-state index contributed by atoms with van der Waals surface area (Å²) < 4.78 is 0. The van der Waals surface area contributed by atoms with Crippen LogP contribution >= 0.6 is 11.8 Å². The second-order valence-corrected chi connectivity index (χ2v) is 5.62. The van der Waals surface area contributed by atoms with E-state index in [2.05, 4.69) is 24.3 Å². The molecule has 0 amide bonds. The maximum Gasteiger partial charge on any atom is 0.145 e. The molecule has 1 fully saturated rings. The maximum atomic E-state index is 11.6. The summed E-state index contributed by atoms with van der Waals surface area (Å²) in [7, 11) is 0. The van der Waals surface area contributed by atoms with Gasteiger partial charge in [0, 0.05) is 6.42 Å². The van der Waals surface area contributed by atoms with Crippen molar-refractivity contribution < 1.29 is 4.79 Å². The van der Waals surface area contributed by atoms with Crippen molar-refractivity contribution >= 4 is 17.5 Å². The van der Waals surface area contributed by atoms with Crippen LogP contribution in [0.1, 0.15) is 31.2 Å². The minimum Gasteiger partial charge on any atom is -0.298 e. The van der Waals surface area contributed by atoms with E-state index in [0.29, 0.717) is 5.78 Å². The number of Topliss-reactive ketones (excluding diaryl/α,β-unsaturated/α-hetero) is 1. The summed E-state index contributed by atoms with van der Waals surface area (Å²) in [6, 6.07) is 10.5. The summed E-state index contributed by atoms with van der Waals surface area (Å²) in [5.41, 5.74) is 1.37. The van der Waals surface area contributed by atoms with Gasteiger partial charge in [0.2, 0.25) is 0 Å². The van der Waals surface area contributed by atoms with E-state index >= 15 is 0 Å². The van der Waals surface area contributed by atoms with E-state index in [1.54, 1.807) is 0 Å². The summed E-state index contributed by atoms with van der Waals surface area (Å²) in [4.78, 5) is 11.6. The van der Waals surface area contributed by atoms with Gasteiger partial charge in [0.05, 0.1) is 5.25 Å². The van der Waals surface area contributed by atoms with E-state index in [9.17, 15) is 4.79 Å². The van der Waals surface area contributed by atoms with Crippen molar-refractivity contribution in [2.24, 2.45) is 0 Å². The van der Waals surface area contributed by atoms with Gasteiger partial charge in [-0.1, -0.05) is 36.8 Å². The van der Waals surface area contributed by atoms with Crippen LogP contribution in [-0.4, -0.2) is 16.8 Å². The highest BCUT2D eigenvalue weighted by molar-refractivity contribution is 8.00. The molecule has 0 spiro atoms. The van der Waals surface area contributed by atoms with Crippen LogP contribution in [0.25, 0.3) is 0 Å². The number of benzene rings is 1. The van der Waals surface area contributed by atoms with Crippen molar-refractivity contribution in [1.82, 2.24) is 0 Å². The molecule has 86 valence electrons. The van der Waals surface area contributed by atoms with Crippen molar-refractivity contribution in [1.29, 1.82) is 0 Å². The van der Waals surface area contributed by atoms with Gasteiger partial charge in [0.25, 0.3) is 0 Å². The first kappa shape index (κ1) is 11.7. The Morgan fingerprint density at radius 3 is 2.75 bits per heavy atom. The van der Waals surface area contributed by atoms with Crippen molar-refractivity contribution in [3.05, 3.63) is 35.9 Å². The predicted molar refractivity (Wildman–Crippen MR) is 69.9 cm³/mol. The minimum absolute atomic E-state index is 0.289. The smallest absolute Gasteiger partial charge is 0.145 e. The van der Waals surface area contributed by atoms with Crippen LogP contribution in [-0.2, 0) is 11.2 Å². The van der Waals surface area contributed by atoms with Crippen molar-refractivity contribution in [2.75, 3.05) is 5.75 Å². The van der Waals surface area contributed by atoms with E-state index in [4.69, 9.17) is 0 Å². The molecule has 1 atom stereocenters. The summed E-state index contributed by atoms with van der Waals surface area (Å²) >= 11 is 1.85. The van der Waals surface area contributed by atoms with Gasteiger partial charge in [-0.2, -0.15) is 11.8 Å². The molecule has 1 unspecified atom stereocenters. The lowest BCUT2D eigenvalue weighted by molar-refractivity contribution is -0.119. The van der Waals surface area contributed by atoms with E-state index < -0.39 is 0 Å². The lowest BCUT2D eigenvalue weighted by Crippen LogP contribution is -2.21. The Morgan fingerprint density at radius 2 is 2.00 bits per heavy atom. The molecule has 16 heavy (non-hydrogen) atoms. The maximum absolute atomic E-state index is 11.6. The van der Waals surface area contributed by atoms with Gasteiger partial charge in [0.15, 0.2) is 0 Å². The SMILES string of the molecule is O=C1CCCCC1SCCc1ccccc1. The molecule has 1 saturated carbocycles. The van der Waals surface area contributed by atoms with Gasteiger partial charge >= 0.3 is 0 Å². The topological polar surface area (TPSA) is 17.1 Å². The highest BCUT2D eigenvalue weighted by Gasteiger charge is 2.21. The molecule has 0 radical (unpaired) electrons. The number of carbonyl (C=O) groups is 1. The quantitative estimate of drug-likeness (QED) is 0.793. The predicted octanol–water partition coefficient (Wildman–Crippen LogP) is 3.47. The van der Waals surface area contributed by atoms with Crippen molar-refractivity contribution in [2.45, 2.75) is 37.4 Å². The first-order valence-corrected chi connectivity index (χ1v) is 7.09. The fourth-order valence-electron chi connectivity index (χ4n) is 2.09. The van der Waals surface area contributed by atoms with Crippen molar-refractivity contribution in [3.63, 3.8) is 0 Å². The molecule has 2 heteroatoms. The molecule has 1 aromatic rings. The number of carbonyl (C=O) groups excluding carboxylic acids is 1. The van der Waals surface area contributed by atoms with Gasteiger partial charge in [0.1, 0.15) is 5.78 Å². The molecule has 0 aliphatic heterocycles. The van der Waals surface area contributed by atoms with E-state index in [1.807, 2.05) is 17.8 Å². The average Bonchev–Trinajstić information content (AvgIpc) is 2.33. The number of thioether (sulfide) groups is 1. The monoisotopic (exact) mass is 234 g/mol. The van der Waals surface area contributed by atoms with Crippen LogP contribution in [0.4, 0.5) is 0 Å². The summed E-state index contributed by atoms with van der Waals surface area (Å²) in [5, 5.41) is 0.289. The molecule has 1 nitrogen and oxygen atoms in total. The van der Waals surface area contributed by atoms with Crippen LogP contribution < -0.4 is 0 Å². The summed E-state index contributed by atoms with van der Waals surface area (Å²) in [5.74, 6) is 1.55. The normalized spacial score (nSPS) is 21.0. The number of ketones is 1. The zero-order valence-corrected chi connectivity index (χ0v) is 10.3. The Labute approximate surface area is 102 Å². The van der Waals surface area contributed by atoms with E-state index in [1.165, 1.54) is 12.0 Å². The lowest BCUT2D eigenvalue weighted by Gasteiger charge is -2.19. The van der Waals surface area contributed by atoms with Crippen LogP contribution in [0, 0.1) is 0 Å². The van der Waals surface area contributed by atoms with E-state index in [-0.39, 0.29) is 5.25 Å². The zero-order chi connectivity index (χ0) is 11.2.